The van der Waals surface area contributed by atoms with Crippen molar-refractivity contribution in [1.82, 2.24) is 5.32 Å². The molecule has 4 rings (SSSR count). The van der Waals surface area contributed by atoms with Gasteiger partial charge in [0, 0.05) is 21.4 Å². The highest BCUT2D eigenvalue weighted by Gasteiger charge is 2.40. The summed E-state index contributed by atoms with van der Waals surface area (Å²) in [6.45, 7) is 0. The number of benzene rings is 3. The highest BCUT2D eigenvalue weighted by molar-refractivity contribution is 9.10. The average molecular weight is 489 g/mol. The van der Waals surface area contributed by atoms with E-state index in [-0.39, 0.29) is 17.5 Å². The number of nitriles is 1. The number of amides is 3. The van der Waals surface area contributed by atoms with Crippen LogP contribution in [-0.2, 0) is 5.54 Å². The monoisotopic (exact) mass is 488 g/mol. The van der Waals surface area contributed by atoms with Crippen LogP contribution in [0.5, 0.6) is 0 Å². The van der Waals surface area contributed by atoms with Crippen molar-refractivity contribution in [3.8, 4) is 6.07 Å². The van der Waals surface area contributed by atoms with Gasteiger partial charge < -0.3 is 16.0 Å². The number of carbonyl (C=O) groups excluding carboxylic acids is 2. The molecule has 0 unspecified atom stereocenters. The number of halogens is 1. The van der Waals surface area contributed by atoms with Gasteiger partial charge in [-0.3, -0.25) is 4.79 Å². The van der Waals surface area contributed by atoms with Crippen LogP contribution in [0, 0.1) is 11.3 Å². The molecule has 3 amide bonds. The number of hydrogen-bond acceptors (Lipinski definition) is 3. The second-order valence-electron chi connectivity index (χ2n) is 7.75. The zero-order valence-corrected chi connectivity index (χ0v) is 18.8. The molecule has 6 nitrogen and oxygen atoms in total. The van der Waals surface area contributed by atoms with Gasteiger partial charge in [0.2, 0.25) is 0 Å². The molecule has 0 aromatic heterocycles. The molecule has 0 spiro atoms. The van der Waals surface area contributed by atoms with Gasteiger partial charge in [0.25, 0.3) is 5.91 Å². The molecule has 1 saturated carbocycles. The summed E-state index contributed by atoms with van der Waals surface area (Å²) in [5, 5.41) is 17.7. The Morgan fingerprint density at radius 2 is 1.59 bits per heavy atom. The van der Waals surface area contributed by atoms with Crippen LogP contribution in [0.1, 0.15) is 40.7 Å². The van der Waals surface area contributed by atoms with E-state index in [0.717, 1.165) is 29.3 Å². The van der Waals surface area contributed by atoms with E-state index in [2.05, 4.69) is 31.9 Å². The lowest BCUT2D eigenvalue weighted by Crippen LogP contribution is -2.52. The third kappa shape index (κ3) is 4.82. The van der Waals surface area contributed by atoms with Gasteiger partial charge in [-0.25, -0.2) is 4.79 Å². The van der Waals surface area contributed by atoms with Crippen LogP contribution < -0.4 is 16.0 Å². The fourth-order valence-electron chi connectivity index (χ4n) is 3.77. The van der Waals surface area contributed by atoms with Crippen molar-refractivity contribution in [3.05, 3.63) is 94.0 Å². The summed E-state index contributed by atoms with van der Waals surface area (Å²) in [6, 6.07) is 23.2. The summed E-state index contributed by atoms with van der Waals surface area (Å²) >= 11 is 3.45. The Balaban J connectivity index is 1.43. The minimum atomic E-state index is -0.370. The van der Waals surface area contributed by atoms with Crippen molar-refractivity contribution >= 4 is 39.2 Å². The first-order valence-corrected chi connectivity index (χ1v) is 11.0. The molecule has 0 radical (unpaired) electrons. The van der Waals surface area contributed by atoms with Crippen molar-refractivity contribution in [3.63, 3.8) is 0 Å². The fraction of sp³-hybridized carbons (Fsp3) is 0.160. The van der Waals surface area contributed by atoms with E-state index in [0.29, 0.717) is 22.5 Å². The van der Waals surface area contributed by atoms with Crippen LogP contribution in [-0.4, -0.2) is 11.9 Å². The second-order valence-corrected chi connectivity index (χ2v) is 8.66. The van der Waals surface area contributed by atoms with E-state index >= 15 is 0 Å². The maximum absolute atomic E-state index is 12.7. The van der Waals surface area contributed by atoms with Crippen LogP contribution in [0.3, 0.4) is 0 Å². The summed E-state index contributed by atoms with van der Waals surface area (Å²) in [5.74, 6) is -0.325. The van der Waals surface area contributed by atoms with Crippen molar-refractivity contribution < 1.29 is 9.59 Å². The number of carbonyl (C=O) groups is 2. The molecule has 0 heterocycles. The number of hydrogen-bond donors (Lipinski definition) is 3. The van der Waals surface area contributed by atoms with Crippen molar-refractivity contribution in [2.45, 2.75) is 24.8 Å². The number of urea groups is 1. The summed E-state index contributed by atoms with van der Waals surface area (Å²) in [7, 11) is 0. The van der Waals surface area contributed by atoms with Gasteiger partial charge in [0.05, 0.1) is 17.2 Å². The predicted molar refractivity (Wildman–Crippen MR) is 127 cm³/mol. The molecule has 1 aliphatic rings. The molecule has 0 aliphatic heterocycles. The van der Waals surface area contributed by atoms with E-state index in [1.807, 2.05) is 30.3 Å². The Bertz CT molecular complexity index is 1200. The topological polar surface area (TPSA) is 94.0 Å². The number of nitrogens with one attached hydrogen (secondary N) is 3. The number of rotatable bonds is 5. The lowest BCUT2D eigenvalue weighted by atomic mass is 9.72. The van der Waals surface area contributed by atoms with Crippen LogP contribution in [0.4, 0.5) is 16.2 Å². The molecule has 3 N–H and O–H groups in total. The minimum Gasteiger partial charge on any atom is -0.328 e. The Kier molecular flexibility index (Phi) is 6.24. The molecule has 0 atom stereocenters. The molecule has 32 heavy (non-hydrogen) atoms. The fourth-order valence-corrected chi connectivity index (χ4v) is 4.04. The maximum atomic E-state index is 12.7. The molecule has 1 fully saturated rings. The molecule has 3 aromatic carbocycles. The smallest absolute Gasteiger partial charge is 0.319 e. The Labute approximate surface area is 194 Å². The minimum absolute atomic E-state index is 0.313. The van der Waals surface area contributed by atoms with Crippen molar-refractivity contribution in [2.24, 2.45) is 0 Å². The first kappa shape index (κ1) is 21.6. The van der Waals surface area contributed by atoms with E-state index in [4.69, 9.17) is 5.26 Å². The van der Waals surface area contributed by atoms with E-state index in [1.54, 1.807) is 48.5 Å². The van der Waals surface area contributed by atoms with Crippen LogP contribution in [0.15, 0.2) is 77.3 Å². The van der Waals surface area contributed by atoms with Gasteiger partial charge in [0.15, 0.2) is 0 Å². The van der Waals surface area contributed by atoms with Gasteiger partial charge >= 0.3 is 6.03 Å². The van der Waals surface area contributed by atoms with Crippen molar-refractivity contribution in [1.29, 1.82) is 5.26 Å². The number of anilines is 2. The summed E-state index contributed by atoms with van der Waals surface area (Å²) < 4.78 is 0.995. The second kappa shape index (κ2) is 9.25. The maximum Gasteiger partial charge on any atom is 0.319 e. The van der Waals surface area contributed by atoms with E-state index in [1.165, 1.54) is 0 Å². The number of nitrogens with zero attached hydrogens (tertiary/aromatic N) is 1. The largest absolute Gasteiger partial charge is 0.328 e. The molecule has 7 heteroatoms. The lowest BCUT2D eigenvalue weighted by Gasteiger charge is -2.43. The molecule has 0 bridgehead atoms. The molecule has 0 saturated heterocycles. The highest BCUT2D eigenvalue weighted by atomic mass is 79.9. The highest BCUT2D eigenvalue weighted by Crippen LogP contribution is 2.41. The van der Waals surface area contributed by atoms with Crippen molar-refractivity contribution in [2.75, 3.05) is 10.6 Å². The van der Waals surface area contributed by atoms with Gasteiger partial charge in [-0.15, -0.1) is 0 Å². The lowest BCUT2D eigenvalue weighted by molar-refractivity contribution is 0.102. The normalized spacial score (nSPS) is 13.9. The third-order valence-corrected chi connectivity index (χ3v) is 6.12. The van der Waals surface area contributed by atoms with Gasteiger partial charge in [-0.1, -0.05) is 40.2 Å². The SMILES string of the molecule is N#Cc1cccc(NC(=O)c2cccc(NC(=O)NC3(c4ccc(Br)cc4)CCC3)c2)c1. The van der Waals surface area contributed by atoms with Gasteiger partial charge in [0.1, 0.15) is 0 Å². The first-order valence-electron chi connectivity index (χ1n) is 10.2. The average Bonchev–Trinajstić information content (AvgIpc) is 2.77. The molecule has 3 aromatic rings. The molecular formula is C25H21BrN4O2. The Morgan fingerprint density at radius 1 is 0.906 bits per heavy atom. The Morgan fingerprint density at radius 3 is 2.25 bits per heavy atom. The predicted octanol–water partition coefficient (Wildman–Crippen LogP) is 5.77. The van der Waals surface area contributed by atoms with Gasteiger partial charge in [-0.05, 0) is 73.4 Å². The van der Waals surface area contributed by atoms with E-state index < -0.39 is 0 Å². The Hall–Kier alpha value is -3.63. The first-order chi connectivity index (χ1) is 15.5. The zero-order valence-electron chi connectivity index (χ0n) is 17.2. The van der Waals surface area contributed by atoms with Crippen LogP contribution in [0.25, 0.3) is 0 Å². The third-order valence-electron chi connectivity index (χ3n) is 5.59. The summed E-state index contributed by atoms with van der Waals surface area (Å²) in [6.07, 6.45) is 2.82. The van der Waals surface area contributed by atoms with Crippen LogP contribution >= 0.6 is 15.9 Å². The van der Waals surface area contributed by atoms with E-state index in [9.17, 15) is 9.59 Å². The molecule has 160 valence electrons. The molecule has 1 aliphatic carbocycles. The van der Waals surface area contributed by atoms with Gasteiger partial charge in [-0.2, -0.15) is 5.26 Å². The summed E-state index contributed by atoms with van der Waals surface area (Å²) in [5.41, 5.74) is 2.63. The quantitative estimate of drug-likeness (QED) is 0.425. The summed E-state index contributed by atoms with van der Waals surface area (Å²) in [4.78, 5) is 25.4. The molecular weight excluding hydrogens is 468 g/mol. The zero-order chi connectivity index (χ0) is 22.6. The van der Waals surface area contributed by atoms with Crippen LogP contribution in [0.2, 0.25) is 0 Å². The standard InChI is InChI=1S/C25H21BrN4O2/c26-20-10-8-19(9-11-20)25(12-3-13-25)30-24(32)29-22-7-2-5-18(15-22)23(31)28-21-6-1-4-17(14-21)16-27/h1-2,4-11,14-15H,3,12-13H2,(H,28,31)(H2,29,30,32).